The van der Waals surface area contributed by atoms with Crippen molar-refractivity contribution >= 4 is 0 Å². The minimum Gasteiger partial charge on any atom is -0.330 e. The van der Waals surface area contributed by atoms with E-state index in [9.17, 15) is 0 Å². The first kappa shape index (κ1) is 19.8. The molecule has 0 heterocycles. The van der Waals surface area contributed by atoms with Crippen molar-refractivity contribution in [2.45, 2.75) is 25.5 Å². The first-order valence-electron chi connectivity index (χ1n) is 7.69. The summed E-state index contributed by atoms with van der Waals surface area (Å²) in [7, 11) is 12.4. The number of nitrogens with zero attached hydrogens (tertiary/aromatic N) is 2. The highest BCUT2D eigenvalue weighted by molar-refractivity contribution is 4.67. The molecule has 2 N–H and O–H groups in total. The summed E-state index contributed by atoms with van der Waals surface area (Å²) < 4.78 is 6.91. The Morgan fingerprint density at radius 1 is 1.10 bits per heavy atom. The Morgan fingerprint density at radius 3 is 1.95 bits per heavy atom. The lowest BCUT2D eigenvalue weighted by Crippen LogP contribution is -2.65. The van der Waals surface area contributed by atoms with E-state index in [0.29, 0.717) is 0 Å². The van der Waals surface area contributed by atoms with E-state index in [1.54, 1.807) is 0 Å². The molecule has 122 valence electrons. The van der Waals surface area contributed by atoms with Crippen molar-refractivity contribution in [2.24, 2.45) is 0 Å². The van der Waals surface area contributed by atoms with Crippen LogP contribution in [0, 0.1) is 0 Å². The van der Waals surface area contributed by atoms with E-state index in [-0.39, 0.29) is 5.72 Å². The fourth-order valence-electron chi connectivity index (χ4n) is 2.62. The van der Waals surface area contributed by atoms with Crippen molar-refractivity contribution in [2.75, 3.05) is 75.1 Å². The van der Waals surface area contributed by atoms with Crippen LogP contribution in [-0.4, -0.2) is 90.2 Å². The van der Waals surface area contributed by atoms with Crippen molar-refractivity contribution in [1.82, 2.24) is 15.5 Å². The predicted molar refractivity (Wildman–Crippen MR) is 87.0 cm³/mol. The van der Waals surface area contributed by atoms with Crippen LogP contribution >= 0.6 is 0 Å². The molecule has 1 atom stereocenters. The van der Waals surface area contributed by atoms with Gasteiger partial charge in [0.25, 0.3) is 0 Å². The monoisotopic (exact) mass is 289 g/mol. The standard InChI is InChI=1S/C15H37N4O/c1-15(20-7,9-8-12-18(4)5)19(6,13-10-16-2)14-11-17-3/h16-17H,8-14H2,1-7H3/q+1. The number of hydrogen-bond donors (Lipinski definition) is 2. The molecular formula is C15H37N4O+. The summed E-state index contributed by atoms with van der Waals surface area (Å²) in [6, 6.07) is 0. The molecule has 0 fully saturated rings. The maximum Gasteiger partial charge on any atom is 0.199 e. The molecule has 0 rings (SSSR count). The van der Waals surface area contributed by atoms with E-state index in [2.05, 4.69) is 43.6 Å². The average molecular weight is 289 g/mol. The molecule has 0 aromatic heterocycles. The summed E-state index contributed by atoms with van der Waals surface area (Å²) in [5, 5.41) is 6.54. The Morgan fingerprint density at radius 2 is 1.60 bits per heavy atom. The van der Waals surface area contributed by atoms with Gasteiger partial charge in [-0.3, -0.25) is 4.48 Å². The maximum atomic E-state index is 5.98. The highest BCUT2D eigenvalue weighted by atomic mass is 16.5. The fraction of sp³-hybridized carbons (Fsp3) is 1.00. The number of ether oxygens (including phenoxy) is 1. The van der Waals surface area contributed by atoms with Crippen LogP contribution in [0.25, 0.3) is 0 Å². The van der Waals surface area contributed by atoms with Gasteiger partial charge in [-0.25, -0.2) is 0 Å². The Hall–Kier alpha value is -0.200. The summed E-state index contributed by atoms with van der Waals surface area (Å²) in [5.41, 5.74) is -0.135. The van der Waals surface area contributed by atoms with Crippen molar-refractivity contribution < 1.29 is 9.22 Å². The van der Waals surface area contributed by atoms with Crippen LogP contribution in [0.4, 0.5) is 0 Å². The highest BCUT2D eigenvalue weighted by Crippen LogP contribution is 2.28. The molecule has 0 aromatic carbocycles. The topological polar surface area (TPSA) is 36.5 Å². The number of quaternary nitrogens is 1. The number of nitrogens with one attached hydrogen (secondary N) is 2. The van der Waals surface area contributed by atoms with Crippen molar-refractivity contribution in [1.29, 1.82) is 0 Å². The lowest BCUT2D eigenvalue weighted by molar-refractivity contribution is -0.980. The third-order valence-corrected chi connectivity index (χ3v) is 4.54. The van der Waals surface area contributed by atoms with Crippen LogP contribution in [0.2, 0.25) is 0 Å². The number of hydrogen-bond acceptors (Lipinski definition) is 4. The minimum atomic E-state index is -0.135. The van der Waals surface area contributed by atoms with Gasteiger partial charge in [0, 0.05) is 33.5 Å². The van der Waals surface area contributed by atoms with Crippen molar-refractivity contribution in [3.05, 3.63) is 0 Å². The number of rotatable bonds is 12. The predicted octanol–water partition coefficient (Wildman–Crippen LogP) is 0.576. The van der Waals surface area contributed by atoms with Crippen molar-refractivity contribution in [3.63, 3.8) is 0 Å². The second-order valence-electron chi connectivity index (χ2n) is 6.34. The third-order valence-electron chi connectivity index (χ3n) is 4.54. The molecule has 0 aliphatic heterocycles. The maximum absolute atomic E-state index is 5.98. The Kier molecular flexibility index (Phi) is 9.59. The normalized spacial score (nSPS) is 15.6. The zero-order valence-corrected chi connectivity index (χ0v) is 14.8. The average Bonchev–Trinajstić information content (AvgIpc) is 2.42. The summed E-state index contributed by atoms with van der Waals surface area (Å²) in [6.07, 6.45) is 2.23. The van der Waals surface area contributed by atoms with Gasteiger partial charge < -0.3 is 20.3 Å². The van der Waals surface area contributed by atoms with Gasteiger partial charge in [0.2, 0.25) is 0 Å². The minimum absolute atomic E-state index is 0.135. The molecule has 0 aliphatic carbocycles. The molecule has 0 aromatic rings. The summed E-state index contributed by atoms with van der Waals surface area (Å²) in [4.78, 5) is 2.24. The molecule has 0 spiro atoms. The summed E-state index contributed by atoms with van der Waals surface area (Å²) in [6.45, 7) is 7.53. The van der Waals surface area contributed by atoms with Crippen LogP contribution < -0.4 is 10.6 Å². The van der Waals surface area contributed by atoms with Gasteiger partial charge in [-0.05, 0) is 41.2 Å². The van der Waals surface area contributed by atoms with E-state index in [0.717, 1.165) is 50.0 Å². The van der Waals surface area contributed by atoms with Crippen LogP contribution in [-0.2, 0) is 4.74 Å². The molecule has 0 aliphatic rings. The Bertz CT molecular complexity index is 240. The van der Waals surface area contributed by atoms with E-state index in [1.807, 2.05) is 21.2 Å². The van der Waals surface area contributed by atoms with Gasteiger partial charge in [-0.2, -0.15) is 0 Å². The summed E-state index contributed by atoms with van der Waals surface area (Å²) >= 11 is 0. The van der Waals surface area contributed by atoms with E-state index >= 15 is 0 Å². The number of methoxy groups -OCH3 is 1. The molecule has 0 radical (unpaired) electrons. The van der Waals surface area contributed by atoms with Gasteiger partial charge in [0.15, 0.2) is 5.72 Å². The molecule has 1 unspecified atom stereocenters. The van der Waals surface area contributed by atoms with Gasteiger partial charge in [-0.15, -0.1) is 0 Å². The van der Waals surface area contributed by atoms with Gasteiger partial charge in [0.05, 0.1) is 20.1 Å². The third kappa shape index (κ3) is 6.06. The molecule has 0 amide bonds. The smallest absolute Gasteiger partial charge is 0.199 e. The Labute approximate surface area is 126 Å². The van der Waals surface area contributed by atoms with E-state index in [4.69, 9.17) is 4.74 Å². The highest BCUT2D eigenvalue weighted by Gasteiger charge is 2.43. The molecule has 20 heavy (non-hydrogen) atoms. The zero-order chi connectivity index (χ0) is 15.6. The molecule has 0 saturated heterocycles. The fourth-order valence-corrected chi connectivity index (χ4v) is 2.62. The first-order chi connectivity index (χ1) is 9.35. The molecule has 0 bridgehead atoms. The Balaban J connectivity index is 4.82. The van der Waals surface area contributed by atoms with Gasteiger partial charge >= 0.3 is 0 Å². The van der Waals surface area contributed by atoms with E-state index in [1.165, 1.54) is 0 Å². The van der Waals surface area contributed by atoms with Crippen molar-refractivity contribution in [3.8, 4) is 0 Å². The molecule has 5 heteroatoms. The second-order valence-corrected chi connectivity index (χ2v) is 6.34. The zero-order valence-electron chi connectivity index (χ0n) is 14.8. The molecule has 5 nitrogen and oxygen atoms in total. The quantitative estimate of drug-likeness (QED) is 0.407. The van der Waals surface area contributed by atoms with Crippen LogP contribution in [0.15, 0.2) is 0 Å². The van der Waals surface area contributed by atoms with Gasteiger partial charge in [0.1, 0.15) is 0 Å². The lowest BCUT2D eigenvalue weighted by Gasteiger charge is -2.48. The lowest BCUT2D eigenvalue weighted by atomic mass is 10.0. The SMILES string of the molecule is CNCC[N+](C)(CCNC)C(C)(CCCN(C)C)OC. The number of likely N-dealkylation sites (N-methyl/N-ethyl adjacent to an activating group) is 3. The van der Waals surface area contributed by atoms with E-state index < -0.39 is 0 Å². The molecular weight excluding hydrogens is 252 g/mol. The first-order valence-corrected chi connectivity index (χ1v) is 7.69. The van der Waals surface area contributed by atoms with Crippen LogP contribution in [0.1, 0.15) is 19.8 Å². The summed E-state index contributed by atoms with van der Waals surface area (Å²) in [5.74, 6) is 0. The van der Waals surface area contributed by atoms with Crippen LogP contribution in [0.5, 0.6) is 0 Å². The largest absolute Gasteiger partial charge is 0.330 e. The van der Waals surface area contributed by atoms with Crippen LogP contribution in [0.3, 0.4) is 0 Å². The molecule has 0 saturated carbocycles. The van der Waals surface area contributed by atoms with Gasteiger partial charge in [-0.1, -0.05) is 0 Å². The second kappa shape index (κ2) is 9.68.